The first-order valence-corrected chi connectivity index (χ1v) is 10.3. The Morgan fingerprint density at radius 2 is 1.65 bits per heavy atom. The van der Waals surface area contributed by atoms with Crippen molar-refractivity contribution < 1.29 is 49.3 Å². The van der Waals surface area contributed by atoms with Crippen molar-refractivity contribution in [1.29, 1.82) is 0 Å². The molecule has 0 aliphatic carbocycles. The maximum Gasteiger partial charge on any atom is 0.204 e. The van der Waals surface area contributed by atoms with Crippen molar-refractivity contribution >= 4 is 11.0 Å². The third kappa shape index (κ3) is 3.73. The minimum atomic E-state index is -1.72. The maximum atomic E-state index is 13.5. The molecule has 0 amide bonds. The molecule has 2 heterocycles. The van der Waals surface area contributed by atoms with Gasteiger partial charge >= 0.3 is 0 Å². The summed E-state index contributed by atoms with van der Waals surface area (Å²) in [6, 6.07) is 5.42. The van der Waals surface area contributed by atoms with E-state index in [1.165, 1.54) is 32.4 Å². The Balaban J connectivity index is 1.95. The van der Waals surface area contributed by atoms with E-state index in [0.717, 1.165) is 12.3 Å². The van der Waals surface area contributed by atoms with Crippen molar-refractivity contribution in [2.24, 2.45) is 0 Å². The molecule has 0 radical (unpaired) electrons. The summed E-state index contributed by atoms with van der Waals surface area (Å²) in [7, 11) is 2.65. The van der Waals surface area contributed by atoms with Gasteiger partial charge in [0.1, 0.15) is 53.7 Å². The fraction of sp³-hybridized carbons (Fsp3) is 0.348. The normalized spacial score (nSPS) is 24.8. The minimum absolute atomic E-state index is 0.0258. The molecule has 6 N–H and O–H groups in total. The van der Waals surface area contributed by atoms with Gasteiger partial charge in [0.2, 0.25) is 5.43 Å². The summed E-state index contributed by atoms with van der Waals surface area (Å²) in [6.45, 7) is -0.674. The van der Waals surface area contributed by atoms with Gasteiger partial charge in [0, 0.05) is 6.07 Å². The fourth-order valence-electron chi connectivity index (χ4n) is 4.10. The number of phenols is 2. The highest BCUT2D eigenvalue weighted by Gasteiger charge is 2.46. The van der Waals surface area contributed by atoms with Gasteiger partial charge in [-0.3, -0.25) is 4.79 Å². The van der Waals surface area contributed by atoms with Crippen LogP contribution in [0.4, 0.5) is 0 Å². The summed E-state index contributed by atoms with van der Waals surface area (Å²) in [6.07, 6.45) is -6.59. The molecule has 0 bridgehead atoms. The third-order valence-corrected chi connectivity index (χ3v) is 5.92. The SMILES string of the molecule is COc1cc(-c2coc3c([C@@H]4O[C@H](CO)[C@@H](O)[C@H](O)[C@H]4O)c(O)cc(OC)c3c2=O)ccc1O. The molecule has 1 saturated heterocycles. The number of hydrogen-bond donors (Lipinski definition) is 6. The van der Waals surface area contributed by atoms with E-state index < -0.39 is 48.3 Å². The second-order valence-corrected chi connectivity index (χ2v) is 7.83. The quantitative estimate of drug-likeness (QED) is 0.300. The predicted octanol–water partition coefficient (Wildman–Crippen LogP) is 0.403. The summed E-state index contributed by atoms with van der Waals surface area (Å²) in [5, 5.41) is 60.8. The molecule has 1 fully saturated rings. The smallest absolute Gasteiger partial charge is 0.204 e. The van der Waals surface area contributed by atoms with E-state index in [1.807, 2.05) is 0 Å². The number of benzene rings is 2. The summed E-state index contributed by atoms with van der Waals surface area (Å²) >= 11 is 0. The van der Waals surface area contributed by atoms with Gasteiger partial charge in [-0.15, -0.1) is 0 Å². The molecular formula is C23H24O11. The Morgan fingerprint density at radius 1 is 0.941 bits per heavy atom. The molecular weight excluding hydrogens is 452 g/mol. The number of hydrogen-bond acceptors (Lipinski definition) is 11. The molecule has 0 unspecified atom stereocenters. The topological polar surface area (TPSA) is 179 Å². The van der Waals surface area contributed by atoms with E-state index in [0.29, 0.717) is 5.56 Å². The molecule has 11 heteroatoms. The van der Waals surface area contributed by atoms with Gasteiger partial charge in [-0.2, -0.15) is 0 Å². The van der Waals surface area contributed by atoms with E-state index in [2.05, 4.69) is 0 Å². The lowest BCUT2D eigenvalue weighted by Crippen LogP contribution is -2.55. The van der Waals surface area contributed by atoms with Crippen LogP contribution in [0, 0.1) is 0 Å². The van der Waals surface area contributed by atoms with Crippen molar-refractivity contribution in [2.75, 3.05) is 20.8 Å². The van der Waals surface area contributed by atoms with Crippen LogP contribution in [0.25, 0.3) is 22.1 Å². The van der Waals surface area contributed by atoms with Gasteiger partial charge < -0.3 is 49.3 Å². The van der Waals surface area contributed by atoms with E-state index in [1.54, 1.807) is 0 Å². The Bertz CT molecular complexity index is 1270. The molecule has 2 aromatic carbocycles. The molecule has 1 aromatic heterocycles. The van der Waals surface area contributed by atoms with Crippen LogP contribution in [0.15, 0.2) is 39.7 Å². The van der Waals surface area contributed by atoms with Crippen LogP contribution in [0.3, 0.4) is 0 Å². The van der Waals surface area contributed by atoms with Crippen molar-refractivity contribution in [1.82, 2.24) is 0 Å². The van der Waals surface area contributed by atoms with Gasteiger partial charge in [0.05, 0.1) is 32.0 Å². The van der Waals surface area contributed by atoms with Crippen molar-refractivity contribution in [3.8, 4) is 34.1 Å². The van der Waals surface area contributed by atoms with Crippen LogP contribution >= 0.6 is 0 Å². The summed E-state index contributed by atoms with van der Waals surface area (Å²) < 4.78 is 21.7. The molecule has 1 aliphatic heterocycles. The molecule has 4 rings (SSSR count). The zero-order valence-electron chi connectivity index (χ0n) is 18.2. The van der Waals surface area contributed by atoms with Crippen LogP contribution in [-0.2, 0) is 4.74 Å². The average molecular weight is 476 g/mol. The number of ether oxygens (including phenoxy) is 3. The Labute approximate surface area is 192 Å². The monoisotopic (exact) mass is 476 g/mol. The highest BCUT2D eigenvalue weighted by molar-refractivity contribution is 5.91. The molecule has 182 valence electrons. The number of aliphatic hydroxyl groups excluding tert-OH is 4. The first kappa shape index (κ1) is 23.8. The molecule has 0 spiro atoms. The maximum absolute atomic E-state index is 13.5. The highest BCUT2D eigenvalue weighted by atomic mass is 16.5. The number of methoxy groups -OCH3 is 2. The Hall–Kier alpha value is -3.35. The summed E-state index contributed by atoms with van der Waals surface area (Å²) in [5.74, 6) is -0.474. The number of phenolic OH excluding ortho intramolecular Hbond substituents is 2. The average Bonchev–Trinajstić information content (AvgIpc) is 2.83. The number of rotatable bonds is 5. The Kier molecular flexibility index (Phi) is 6.39. The van der Waals surface area contributed by atoms with Crippen molar-refractivity contribution in [3.05, 3.63) is 46.3 Å². The molecule has 5 atom stereocenters. The van der Waals surface area contributed by atoms with Gasteiger partial charge in [0.15, 0.2) is 17.1 Å². The zero-order chi connectivity index (χ0) is 24.7. The lowest BCUT2D eigenvalue weighted by atomic mass is 9.89. The highest BCUT2D eigenvalue weighted by Crippen LogP contribution is 2.43. The number of aliphatic hydroxyl groups is 4. The fourth-order valence-corrected chi connectivity index (χ4v) is 4.10. The van der Waals surface area contributed by atoms with Crippen molar-refractivity contribution in [3.63, 3.8) is 0 Å². The second kappa shape index (κ2) is 9.12. The van der Waals surface area contributed by atoms with Crippen LogP contribution < -0.4 is 14.9 Å². The molecule has 1 aliphatic rings. The standard InChI is InChI=1S/C23H24O11/c1-31-13-5-9(3-4-11(13)25)10-8-33-22-16(12(26)6-14(32-2)17(22)18(10)27)23-21(30)20(29)19(28)15(7-24)34-23/h3-6,8,15,19-21,23-26,28-30H,7H2,1-2H3/t15-,19-,20+,21-,23+/m1/s1. The van der Waals surface area contributed by atoms with E-state index in [9.17, 15) is 35.4 Å². The van der Waals surface area contributed by atoms with Crippen LogP contribution in [0.5, 0.6) is 23.0 Å². The van der Waals surface area contributed by atoms with Crippen LogP contribution in [0.2, 0.25) is 0 Å². The van der Waals surface area contributed by atoms with E-state index in [4.69, 9.17) is 18.6 Å². The van der Waals surface area contributed by atoms with Gasteiger partial charge in [-0.05, 0) is 17.7 Å². The molecule has 34 heavy (non-hydrogen) atoms. The lowest BCUT2D eigenvalue weighted by Gasteiger charge is -2.40. The molecule has 11 nitrogen and oxygen atoms in total. The van der Waals surface area contributed by atoms with Gasteiger partial charge in [-0.1, -0.05) is 6.07 Å². The molecule has 0 saturated carbocycles. The van der Waals surface area contributed by atoms with Gasteiger partial charge in [-0.25, -0.2) is 0 Å². The largest absolute Gasteiger partial charge is 0.507 e. The van der Waals surface area contributed by atoms with Gasteiger partial charge in [0.25, 0.3) is 0 Å². The summed E-state index contributed by atoms with van der Waals surface area (Å²) in [5.41, 5.74) is -0.443. The number of aromatic hydroxyl groups is 2. The zero-order valence-corrected chi connectivity index (χ0v) is 18.2. The number of fused-ring (bicyclic) bond motifs is 1. The Morgan fingerprint density at radius 3 is 2.29 bits per heavy atom. The molecule has 3 aromatic rings. The first-order valence-electron chi connectivity index (χ1n) is 10.3. The third-order valence-electron chi connectivity index (χ3n) is 5.92. The van der Waals surface area contributed by atoms with Crippen molar-refractivity contribution in [2.45, 2.75) is 30.5 Å². The lowest BCUT2D eigenvalue weighted by molar-refractivity contribution is -0.231. The minimum Gasteiger partial charge on any atom is -0.507 e. The first-order chi connectivity index (χ1) is 16.2. The van der Waals surface area contributed by atoms with Crippen LogP contribution in [0.1, 0.15) is 11.7 Å². The summed E-state index contributed by atoms with van der Waals surface area (Å²) in [4.78, 5) is 13.5. The van der Waals surface area contributed by atoms with Crippen LogP contribution in [-0.4, -0.2) is 75.9 Å². The van der Waals surface area contributed by atoms with E-state index >= 15 is 0 Å². The second-order valence-electron chi connectivity index (χ2n) is 7.83. The van der Waals surface area contributed by atoms with E-state index in [-0.39, 0.29) is 39.3 Å². The predicted molar refractivity (Wildman–Crippen MR) is 117 cm³/mol.